The standard InChI is InChI=1S/C21H25N3O3/c1-22-10-4-5-16-12-15-11-14(6-8-18(15)23-16)21(25)24-17-7-9-19(26-2)20(13-17)27-3/h6-9,11-13,22-23H,4-5,10H2,1-3H3,(H,24,25). The molecule has 0 fully saturated rings. The van der Waals surface area contributed by atoms with Crippen LogP contribution in [-0.2, 0) is 6.42 Å². The molecule has 3 rings (SSSR count). The normalized spacial score (nSPS) is 10.8. The molecule has 0 saturated heterocycles. The molecule has 3 aromatic rings. The van der Waals surface area contributed by atoms with E-state index in [2.05, 4.69) is 21.7 Å². The minimum absolute atomic E-state index is 0.165. The number of aromatic nitrogens is 1. The number of rotatable bonds is 8. The van der Waals surface area contributed by atoms with Crippen LogP contribution in [0.15, 0.2) is 42.5 Å². The molecular weight excluding hydrogens is 342 g/mol. The molecule has 1 heterocycles. The molecule has 0 aliphatic heterocycles. The molecular formula is C21H25N3O3. The zero-order valence-corrected chi connectivity index (χ0v) is 15.9. The molecule has 0 radical (unpaired) electrons. The second-order valence-corrected chi connectivity index (χ2v) is 6.33. The Balaban J connectivity index is 1.75. The predicted octanol–water partition coefficient (Wildman–Crippen LogP) is 3.59. The summed E-state index contributed by atoms with van der Waals surface area (Å²) in [5, 5.41) is 7.09. The van der Waals surface area contributed by atoms with Crippen molar-refractivity contribution in [2.75, 3.05) is 33.1 Å². The van der Waals surface area contributed by atoms with E-state index in [4.69, 9.17) is 9.47 Å². The third-order valence-corrected chi connectivity index (χ3v) is 4.45. The highest BCUT2D eigenvalue weighted by atomic mass is 16.5. The van der Waals surface area contributed by atoms with E-state index in [0.29, 0.717) is 22.7 Å². The summed E-state index contributed by atoms with van der Waals surface area (Å²) >= 11 is 0. The van der Waals surface area contributed by atoms with Crippen LogP contribution in [-0.4, -0.2) is 38.7 Å². The van der Waals surface area contributed by atoms with Gasteiger partial charge < -0.3 is 25.1 Å². The summed E-state index contributed by atoms with van der Waals surface area (Å²) in [6.45, 7) is 0.981. The number of nitrogens with one attached hydrogen (secondary N) is 3. The molecule has 0 spiro atoms. The summed E-state index contributed by atoms with van der Waals surface area (Å²) in [7, 11) is 5.10. The third kappa shape index (κ3) is 4.41. The van der Waals surface area contributed by atoms with Crippen LogP contribution < -0.4 is 20.1 Å². The van der Waals surface area contributed by atoms with E-state index in [1.54, 1.807) is 32.4 Å². The van der Waals surface area contributed by atoms with E-state index in [-0.39, 0.29) is 5.91 Å². The lowest BCUT2D eigenvalue weighted by Gasteiger charge is -2.10. The number of fused-ring (bicyclic) bond motifs is 1. The van der Waals surface area contributed by atoms with Gasteiger partial charge in [-0.25, -0.2) is 0 Å². The molecule has 3 N–H and O–H groups in total. The summed E-state index contributed by atoms with van der Waals surface area (Å²) in [5.74, 6) is 1.03. The minimum Gasteiger partial charge on any atom is -0.493 e. The van der Waals surface area contributed by atoms with Crippen LogP contribution in [0, 0.1) is 0 Å². The maximum Gasteiger partial charge on any atom is 0.255 e. The van der Waals surface area contributed by atoms with Gasteiger partial charge in [-0.1, -0.05) is 0 Å². The molecule has 1 amide bonds. The molecule has 6 nitrogen and oxygen atoms in total. The number of amides is 1. The Morgan fingerprint density at radius 3 is 2.59 bits per heavy atom. The fourth-order valence-electron chi connectivity index (χ4n) is 3.04. The quantitative estimate of drug-likeness (QED) is 0.532. The number of carbonyl (C=O) groups is 1. The zero-order valence-electron chi connectivity index (χ0n) is 15.9. The average Bonchev–Trinajstić information content (AvgIpc) is 3.09. The maximum atomic E-state index is 12.6. The largest absolute Gasteiger partial charge is 0.493 e. The van der Waals surface area contributed by atoms with Gasteiger partial charge >= 0.3 is 0 Å². The van der Waals surface area contributed by atoms with Gasteiger partial charge in [0.2, 0.25) is 0 Å². The lowest BCUT2D eigenvalue weighted by Crippen LogP contribution is -2.11. The predicted molar refractivity (Wildman–Crippen MR) is 108 cm³/mol. The van der Waals surface area contributed by atoms with Gasteiger partial charge in [0, 0.05) is 33.9 Å². The fraction of sp³-hybridized carbons (Fsp3) is 0.286. The zero-order chi connectivity index (χ0) is 19.2. The van der Waals surface area contributed by atoms with E-state index in [1.807, 2.05) is 25.2 Å². The highest BCUT2D eigenvalue weighted by Gasteiger charge is 2.11. The summed E-state index contributed by atoms with van der Waals surface area (Å²) in [5.41, 5.74) is 3.48. The summed E-state index contributed by atoms with van der Waals surface area (Å²) in [6.07, 6.45) is 2.04. The molecule has 142 valence electrons. The number of hydrogen-bond donors (Lipinski definition) is 3. The smallest absolute Gasteiger partial charge is 0.255 e. The van der Waals surface area contributed by atoms with Gasteiger partial charge in [0.05, 0.1) is 14.2 Å². The van der Waals surface area contributed by atoms with Crippen molar-refractivity contribution in [1.82, 2.24) is 10.3 Å². The molecule has 0 aliphatic carbocycles. The van der Waals surface area contributed by atoms with Crippen molar-refractivity contribution in [3.05, 3.63) is 53.7 Å². The van der Waals surface area contributed by atoms with E-state index < -0.39 is 0 Å². The Kier molecular flexibility index (Phi) is 5.98. The topological polar surface area (TPSA) is 75.4 Å². The Morgan fingerprint density at radius 1 is 1.04 bits per heavy atom. The highest BCUT2D eigenvalue weighted by Crippen LogP contribution is 2.30. The number of aryl methyl sites for hydroxylation is 1. The monoisotopic (exact) mass is 367 g/mol. The number of carbonyl (C=O) groups excluding carboxylic acids is 1. The molecule has 0 bridgehead atoms. The fourth-order valence-corrected chi connectivity index (χ4v) is 3.04. The number of benzene rings is 2. The van der Waals surface area contributed by atoms with Crippen LogP contribution in [0.5, 0.6) is 11.5 Å². The van der Waals surface area contributed by atoms with Crippen molar-refractivity contribution in [2.45, 2.75) is 12.8 Å². The van der Waals surface area contributed by atoms with Crippen LogP contribution in [0.4, 0.5) is 5.69 Å². The Labute approximate surface area is 158 Å². The number of aromatic amines is 1. The van der Waals surface area contributed by atoms with Crippen molar-refractivity contribution in [3.63, 3.8) is 0 Å². The maximum absolute atomic E-state index is 12.6. The third-order valence-electron chi connectivity index (χ3n) is 4.45. The number of methoxy groups -OCH3 is 2. The number of H-pyrrole nitrogens is 1. The molecule has 6 heteroatoms. The SMILES string of the molecule is CNCCCc1cc2cc(C(=O)Nc3ccc(OC)c(OC)c3)ccc2[nH]1. The van der Waals surface area contributed by atoms with E-state index in [1.165, 1.54) is 5.69 Å². The first kappa shape index (κ1) is 18.8. The second kappa shape index (κ2) is 8.60. The molecule has 0 saturated carbocycles. The molecule has 27 heavy (non-hydrogen) atoms. The van der Waals surface area contributed by atoms with E-state index >= 15 is 0 Å². The van der Waals surface area contributed by atoms with Crippen LogP contribution >= 0.6 is 0 Å². The highest BCUT2D eigenvalue weighted by molar-refractivity contribution is 6.06. The van der Waals surface area contributed by atoms with Gasteiger partial charge in [-0.05, 0) is 62.8 Å². The van der Waals surface area contributed by atoms with Crippen molar-refractivity contribution in [1.29, 1.82) is 0 Å². The Morgan fingerprint density at radius 2 is 1.85 bits per heavy atom. The first-order valence-corrected chi connectivity index (χ1v) is 8.94. The molecule has 0 aliphatic rings. The van der Waals surface area contributed by atoms with Crippen molar-refractivity contribution >= 4 is 22.5 Å². The second-order valence-electron chi connectivity index (χ2n) is 6.33. The van der Waals surface area contributed by atoms with Crippen LogP contribution in [0.1, 0.15) is 22.5 Å². The van der Waals surface area contributed by atoms with Crippen molar-refractivity contribution < 1.29 is 14.3 Å². The summed E-state index contributed by atoms with van der Waals surface area (Å²) < 4.78 is 10.5. The first-order valence-electron chi connectivity index (χ1n) is 8.94. The Bertz CT molecular complexity index is 934. The van der Waals surface area contributed by atoms with Crippen LogP contribution in [0.3, 0.4) is 0 Å². The molecule has 0 unspecified atom stereocenters. The lowest BCUT2D eigenvalue weighted by atomic mass is 10.1. The molecule has 1 aromatic heterocycles. The number of hydrogen-bond acceptors (Lipinski definition) is 4. The summed E-state index contributed by atoms with van der Waals surface area (Å²) in [6, 6.07) is 13.1. The minimum atomic E-state index is -0.165. The lowest BCUT2D eigenvalue weighted by molar-refractivity contribution is 0.102. The number of anilines is 1. The van der Waals surface area contributed by atoms with Crippen LogP contribution in [0.25, 0.3) is 10.9 Å². The Hall–Kier alpha value is -2.99. The molecule has 2 aromatic carbocycles. The van der Waals surface area contributed by atoms with E-state index in [0.717, 1.165) is 30.3 Å². The number of ether oxygens (including phenoxy) is 2. The summed E-state index contributed by atoms with van der Waals surface area (Å²) in [4.78, 5) is 16.0. The molecule has 0 atom stereocenters. The van der Waals surface area contributed by atoms with Crippen LogP contribution in [0.2, 0.25) is 0 Å². The average molecular weight is 367 g/mol. The van der Waals surface area contributed by atoms with Gasteiger partial charge in [-0.2, -0.15) is 0 Å². The van der Waals surface area contributed by atoms with Gasteiger partial charge in [-0.3, -0.25) is 4.79 Å². The first-order chi connectivity index (χ1) is 13.1. The van der Waals surface area contributed by atoms with Crippen molar-refractivity contribution in [2.24, 2.45) is 0 Å². The van der Waals surface area contributed by atoms with Gasteiger partial charge in [0.1, 0.15) is 0 Å². The van der Waals surface area contributed by atoms with Gasteiger partial charge in [0.15, 0.2) is 11.5 Å². The van der Waals surface area contributed by atoms with E-state index in [9.17, 15) is 4.79 Å². The van der Waals surface area contributed by atoms with Gasteiger partial charge in [0.25, 0.3) is 5.91 Å². The van der Waals surface area contributed by atoms with Gasteiger partial charge in [-0.15, -0.1) is 0 Å². The van der Waals surface area contributed by atoms with Crippen molar-refractivity contribution in [3.8, 4) is 11.5 Å².